The molecule has 5 rings (SSSR count). The number of thioether (sulfide) groups is 1. The highest BCUT2D eigenvalue weighted by Crippen LogP contribution is 2.39. The van der Waals surface area contributed by atoms with Gasteiger partial charge in [-0.15, -0.1) is 23.1 Å². The van der Waals surface area contributed by atoms with Crippen LogP contribution in [-0.4, -0.2) is 14.2 Å². The molecule has 0 spiro atoms. The first-order valence-electron chi connectivity index (χ1n) is 9.87. The molecule has 0 aliphatic carbocycles. The van der Waals surface area contributed by atoms with Gasteiger partial charge in [0, 0.05) is 25.4 Å². The third-order valence-electron chi connectivity index (χ3n) is 5.44. The summed E-state index contributed by atoms with van der Waals surface area (Å²) < 4.78 is 24.2. The molecule has 2 N–H and O–H groups in total. The zero-order chi connectivity index (χ0) is 21.6. The number of primary sulfonamides is 1. The van der Waals surface area contributed by atoms with Gasteiger partial charge in [0.15, 0.2) is 5.43 Å². The van der Waals surface area contributed by atoms with E-state index in [2.05, 4.69) is 12.1 Å². The first-order chi connectivity index (χ1) is 14.9. The molecule has 2 heterocycles. The molecule has 0 amide bonds. The van der Waals surface area contributed by atoms with Gasteiger partial charge in [-0.25, -0.2) is 13.6 Å². The van der Waals surface area contributed by atoms with Gasteiger partial charge in [0.05, 0.1) is 4.90 Å². The minimum atomic E-state index is -3.78. The second-order valence-corrected chi connectivity index (χ2v) is 11.2. The van der Waals surface area contributed by atoms with Crippen LogP contribution < -0.4 is 10.6 Å². The fourth-order valence-electron chi connectivity index (χ4n) is 3.92. The Morgan fingerprint density at radius 2 is 1.65 bits per heavy atom. The average molecular weight is 466 g/mol. The highest BCUT2D eigenvalue weighted by atomic mass is 32.2. The van der Waals surface area contributed by atoms with Gasteiger partial charge in [-0.3, -0.25) is 4.79 Å². The van der Waals surface area contributed by atoms with Crippen LogP contribution in [0.3, 0.4) is 0 Å². The molecule has 31 heavy (non-hydrogen) atoms. The van der Waals surface area contributed by atoms with E-state index < -0.39 is 10.0 Å². The number of benzene rings is 3. The summed E-state index contributed by atoms with van der Waals surface area (Å²) >= 11 is 3.40. The highest BCUT2D eigenvalue weighted by Gasteiger charge is 2.19. The standard InChI is InChI=1S/C24H19NO3S3/c25-31(27,28)18-10-7-15(8-11-18)24-22(23(26)19-5-1-2-6-21(19)30-24)17-9-12-20-16(14-17)4-3-13-29-20/h1-2,5-12,14H,3-4,13H2,(H2,25,27,28). The molecule has 3 aromatic carbocycles. The Kier molecular flexibility index (Phi) is 5.22. The maximum Gasteiger partial charge on any atom is 0.238 e. The van der Waals surface area contributed by atoms with Crippen molar-refractivity contribution >= 4 is 43.2 Å². The number of aryl methyl sites for hydroxylation is 1. The second kappa shape index (κ2) is 7.91. The van der Waals surface area contributed by atoms with E-state index in [0.717, 1.165) is 39.3 Å². The van der Waals surface area contributed by atoms with Crippen LogP contribution in [0.5, 0.6) is 0 Å². The largest absolute Gasteiger partial charge is 0.288 e. The third kappa shape index (κ3) is 3.83. The number of rotatable bonds is 3. The van der Waals surface area contributed by atoms with Gasteiger partial charge >= 0.3 is 0 Å². The SMILES string of the molecule is NS(=O)(=O)c1ccc(-c2sc3ccccc3c(=O)c2-c2ccc3c(c2)CCCS3)cc1. The van der Waals surface area contributed by atoms with Gasteiger partial charge in [0.2, 0.25) is 10.0 Å². The molecule has 0 unspecified atom stereocenters. The third-order valence-corrected chi connectivity index (χ3v) is 8.79. The maximum atomic E-state index is 13.6. The lowest BCUT2D eigenvalue weighted by atomic mass is 9.97. The van der Waals surface area contributed by atoms with E-state index in [0.29, 0.717) is 10.9 Å². The molecule has 1 aliphatic rings. The first-order valence-corrected chi connectivity index (χ1v) is 13.2. The normalized spacial score (nSPS) is 13.8. The summed E-state index contributed by atoms with van der Waals surface area (Å²) in [5, 5.41) is 5.95. The lowest BCUT2D eigenvalue weighted by Crippen LogP contribution is -2.11. The zero-order valence-electron chi connectivity index (χ0n) is 16.5. The van der Waals surface area contributed by atoms with Gasteiger partial charge in [-0.2, -0.15) is 0 Å². The molecule has 4 nitrogen and oxygen atoms in total. The number of hydrogen-bond donors (Lipinski definition) is 1. The van der Waals surface area contributed by atoms with Crippen molar-refractivity contribution in [2.24, 2.45) is 5.14 Å². The summed E-state index contributed by atoms with van der Waals surface area (Å²) in [7, 11) is -3.78. The van der Waals surface area contributed by atoms with Crippen LogP contribution in [-0.2, 0) is 16.4 Å². The molecular weight excluding hydrogens is 446 g/mol. The molecule has 0 saturated carbocycles. The van der Waals surface area contributed by atoms with Crippen LogP contribution in [0.25, 0.3) is 31.7 Å². The quantitative estimate of drug-likeness (QED) is 0.446. The lowest BCUT2D eigenvalue weighted by Gasteiger charge is -2.17. The van der Waals surface area contributed by atoms with E-state index >= 15 is 0 Å². The maximum absolute atomic E-state index is 13.6. The molecule has 1 aromatic heterocycles. The van der Waals surface area contributed by atoms with E-state index in [1.54, 1.807) is 23.5 Å². The summed E-state index contributed by atoms with van der Waals surface area (Å²) in [4.78, 5) is 15.8. The molecule has 0 atom stereocenters. The smallest absolute Gasteiger partial charge is 0.238 e. The predicted octanol–water partition coefficient (Wildman–Crippen LogP) is 5.28. The van der Waals surface area contributed by atoms with Gasteiger partial charge in [-0.1, -0.05) is 30.3 Å². The molecular formula is C24H19NO3S3. The van der Waals surface area contributed by atoms with Crippen LogP contribution in [0.2, 0.25) is 0 Å². The summed E-state index contributed by atoms with van der Waals surface area (Å²) in [5.74, 6) is 1.12. The Balaban J connectivity index is 1.77. The molecule has 4 aromatic rings. The minimum absolute atomic E-state index is 0.0108. The highest BCUT2D eigenvalue weighted by molar-refractivity contribution is 7.99. The predicted molar refractivity (Wildman–Crippen MR) is 129 cm³/mol. The molecule has 156 valence electrons. The van der Waals surface area contributed by atoms with E-state index in [-0.39, 0.29) is 10.3 Å². The van der Waals surface area contributed by atoms with Crippen molar-refractivity contribution in [3.05, 3.63) is 82.5 Å². The van der Waals surface area contributed by atoms with E-state index in [1.165, 1.54) is 22.6 Å². The molecule has 0 saturated heterocycles. The fourth-order valence-corrected chi connectivity index (χ4v) is 6.66. The van der Waals surface area contributed by atoms with Crippen molar-refractivity contribution in [2.45, 2.75) is 22.6 Å². The molecule has 0 bridgehead atoms. The van der Waals surface area contributed by atoms with Crippen LogP contribution in [0.4, 0.5) is 0 Å². The Morgan fingerprint density at radius 3 is 2.42 bits per heavy atom. The van der Waals surface area contributed by atoms with Crippen LogP contribution in [0, 0.1) is 0 Å². The van der Waals surface area contributed by atoms with Crippen LogP contribution >= 0.6 is 23.1 Å². The topological polar surface area (TPSA) is 77.2 Å². The Hall–Kier alpha value is -2.45. The molecule has 7 heteroatoms. The summed E-state index contributed by atoms with van der Waals surface area (Å²) in [5.41, 5.74) is 3.62. The van der Waals surface area contributed by atoms with Crippen molar-refractivity contribution < 1.29 is 8.42 Å². The number of sulfonamides is 1. The zero-order valence-corrected chi connectivity index (χ0v) is 18.9. The van der Waals surface area contributed by atoms with E-state index in [4.69, 9.17) is 5.14 Å². The minimum Gasteiger partial charge on any atom is -0.288 e. The van der Waals surface area contributed by atoms with Crippen LogP contribution in [0.15, 0.2) is 81.3 Å². The Morgan fingerprint density at radius 1 is 0.903 bits per heavy atom. The fraction of sp³-hybridized carbons (Fsp3) is 0.125. The second-order valence-electron chi connectivity index (χ2n) is 7.48. The van der Waals surface area contributed by atoms with Crippen LogP contribution in [0.1, 0.15) is 12.0 Å². The van der Waals surface area contributed by atoms with Crippen molar-refractivity contribution in [3.63, 3.8) is 0 Å². The molecule has 0 fully saturated rings. The first kappa shape index (κ1) is 20.5. The number of hydrogen-bond acceptors (Lipinski definition) is 5. The number of nitrogens with two attached hydrogens (primary N) is 1. The Labute approximate surface area is 188 Å². The van der Waals surface area contributed by atoms with Gasteiger partial charge in [0.1, 0.15) is 0 Å². The monoisotopic (exact) mass is 465 g/mol. The van der Waals surface area contributed by atoms with Gasteiger partial charge in [-0.05, 0) is 71.7 Å². The summed E-state index contributed by atoms with van der Waals surface area (Å²) in [6.45, 7) is 0. The van der Waals surface area contributed by atoms with Gasteiger partial charge < -0.3 is 0 Å². The number of fused-ring (bicyclic) bond motifs is 2. The van der Waals surface area contributed by atoms with E-state index in [1.807, 2.05) is 42.1 Å². The molecule has 1 aliphatic heterocycles. The summed E-state index contributed by atoms with van der Waals surface area (Å²) in [6.07, 6.45) is 2.15. The van der Waals surface area contributed by atoms with Gasteiger partial charge in [0.25, 0.3) is 0 Å². The molecule has 0 radical (unpaired) electrons. The summed E-state index contributed by atoms with van der Waals surface area (Å²) in [6, 6.07) is 20.3. The van der Waals surface area contributed by atoms with Crippen molar-refractivity contribution in [1.29, 1.82) is 0 Å². The van der Waals surface area contributed by atoms with E-state index in [9.17, 15) is 13.2 Å². The van der Waals surface area contributed by atoms with Crippen molar-refractivity contribution in [3.8, 4) is 21.6 Å². The van der Waals surface area contributed by atoms with Crippen molar-refractivity contribution in [2.75, 3.05) is 5.75 Å². The lowest BCUT2D eigenvalue weighted by molar-refractivity contribution is 0.598. The Bertz CT molecular complexity index is 1470. The average Bonchev–Trinajstić information content (AvgIpc) is 2.78. The van der Waals surface area contributed by atoms with Crippen molar-refractivity contribution in [1.82, 2.24) is 0 Å².